The summed E-state index contributed by atoms with van der Waals surface area (Å²) in [5.41, 5.74) is 4.53. The van der Waals surface area contributed by atoms with E-state index in [1.165, 1.54) is 0 Å². The van der Waals surface area contributed by atoms with Crippen LogP contribution in [0.2, 0.25) is 0 Å². The number of nitrogens with one attached hydrogen (secondary N) is 2. The third-order valence-corrected chi connectivity index (χ3v) is 4.24. The van der Waals surface area contributed by atoms with E-state index in [0.29, 0.717) is 26.3 Å². The first-order chi connectivity index (χ1) is 13.5. The number of hydrogen-bond donors (Lipinski definition) is 2. The number of aryl methyl sites for hydroxylation is 2. The highest BCUT2D eigenvalue weighted by Crippen LogP contribution is 2.20. The molecule has 0 spiro atoms. The second kappa shape index (κ2) is 13.3. The maximum absolute atomic E-state index is 5.85. The van der Waals surface area contributed by atoms with E-state index >= 15 is 0 Å². The number of hydrogen-bond acceptors (Lipinski definition) is 4. The number of aliphatic imine (C=N–C) groups is 1. The van der Waals surface area contributed by atoms with Crippen molar-refractivity contribution in [1.82, 2.24) is 10.6 Å². The Hall–Kier alpha value is -2.00. The molecule has 7 heteroatoms. The number of methoxy groups -OCH3 is 2. The molecule has 2 N–H and O–H groups in total. The zero-order valence-electron chi connectivity index (χ0n) is 17.9. The predicted molar refractivity (Wildman–Crippen MR) is 129 cm³/mol. The summed E-state index contributed by atoms with van der Waals surface area (Å²) in [7, 11) is 5.11. The van der Waals surface area contributed by atoms with Crippen LogP contribution in [0.15, 0.2) is 41.4 Å². The molecule has 0 aliphatic rings. The Morgan fingerprint density at radius 2 is 1.69 bits per heavy atom. The molecule has 0 heterocycles. The second-order valence-corrected chi connectivity index (χ2v) is 6.59. The zero-order valence-corrected chi connectivity index (χ0v) is 20.2. The Bertz CT molecular complexity index is 797. The van der Waals surface area contributed by atoms with E-state index in [2.05, 4.69) is 47.7 Å². The highest BCUT2D eigenvalue weighted by Gasteiger charge is 2.07. The summed E-state index contributed by atoms with van der Waals surface area (Å²) in [6.45, 7) is 6.46. The summed E-state index contributed by atoms with van der Waals surface area (Å²) in [6, 6.07) is 12.4. The van der Waals surface area contributed by atoms with E-state index < -0.39 is 0 Å². The maximum atomic E-state index is 5.85. The summed E-state index contributed by atoms with van der Waals surface area (Å²) >= 11 is 0. The fourth-order valence-electron chi connectivity index (χ4n) is 2.81. The molecular weight excluding hydrogens is 481 g/mol. The van der Waals surface area contributed by atoms with Crippen LogP contribution in [0.3, 0.4) is 0 Å². The van der Waals surface area contributed by atoms with Crippen molar-refractivity contribution in [3.63, 3.8) is 0 Å². The standard InChI is InChI=1S/C22H31N3O3.HI/c1-16-6-7-19(21(12-16)28-9-8-26-4)15-25-22(23-3)24-14-18-10-17(2)11-20(13-18)27-5;/h6-7,10-13H,8-9,14-15H2,1-5H3,(H2,23,24,25);1H. The third kappa shape index (κ3) is 8.49. The lowest BCUT2D eigenvalue weighted by Crippen LogP contribution is -2.36. The topological polar surface area (TPSA) is 64.1 Å². The molecule has 0 unspecified atom stereocenters. The summed E-state index contributed by atoms with van der Waals surface area (Å²) in [4.78, 5) is 4.31. The van der Waals surface area contributed by atoms with Gasteiger partial charge in [-0.3, -0.25) is 4.99 Å². The van der Waals surface area contributed by atoms with Crippen molar-refractivity contribution in [2.24, 2.45) is 4.99 Å². The Morgan fingerprint density at radius 1 is 0.931 bits per heavy atom. The Morgan fingerprint density at radius 3 is 2.38 bits per heavy atom. The van der Waals surface area contributed by atoms with Crippen molar-refractivity contribution >= 4 is 29.9 Å². The van der Waals surface area contributed by atoms with Crippen LogP contribution < -0.4 is 20.1 Å². The highest BCUT2D eigenvalue weighted by molar-refractivity contribution is 14.0. The van der Waals surface area contributed by atoms with Gasteiger partial charge in [0.1, 0.15) is 18.1 Å². The lowest BCUT2D eigenvalue weighted by molar-refractivity contribution is 0.145. The second-order valence-electron chi connectivity index (χ2n) is 6.59. The Balaban J connectivity index is 0.00000420. The van der Waals surface area contributed by atoms with E-state index in [-0.39, 0.29) is 24.0 Å². The molecule has 0 saturated heterocycles. The van der Waals surface area contributed by atoms with Gasteiger partial charge >= 0.3 is 0 Å². The molecule has 0 aliphatic heterocycles. The minimum atomic E-state index is 0. The van der Waals surface area contributed by atoms with Crippen LogP contribution in [0, 0.1) is 13.8 Å². The van der Waals surface area contributed by atoms with Gasteiger partial charge in [-0.2, -0.15) is 0 Å². The monoisotopic (exact) mass is 513 g/mol. The first kappa shape index (κ1) is 25.0. The first-order valence-electron chi connectivity index (χ1n) is 9.36. The van der Waals surface area contributed by atoms with Crippen molar-refractivity contribution < 1.29 is 14.2 Å². The predicted octanol–water partition coefficient (Wildman–Crippen LogP) is 3.82. The summed E-state index contributed by atoms with van der Waals surface area (Å²) in [5, 5.41) is 6.69. The molecule has 0 radical (unpaired) electrons. The van der Waals surface area contributed by atoms with E-state index in [0.717, 1.165) is 39.7 Å². The number of ether oxygens (including phenoxy) is 3. The Labute approximate surface area is 191 Å². The largest absolute Gasteiger partial charge is 0.497 e. The number of halogens is 1. The highest BCUT2D eigenvalue weighted by atomic mass is 127. The molecule has 0 saturated carbocycles. The lowest BCUT2D eigenvalue weighted by atomic mass is 10.1. The van der Waals surface area contributed by atoms with Crippen LogP contribution in [0.25, 0.3) is 0 Å². The summed E-state index contributed by atoms with van der Waals surface area (Å²) in [5.74, 6) is 2.45. The fraction of sp³-hybridized carbons (Fsp3) is 0.409. The molecule has 29 heavy (non-hydrogen) atoms. The Kier molecular flexibility index (Phi) is 11.5. The molecular formula is C22H32IN3O3. The van der Waals surface area contributed by atoms with Gasteiger partial charge in [0.25, 0.3) is 0 Å². The van der Waals surface area contributed by atoms with E-state index in [1.54, 1.807) is 21.3 Å². The van der Waals surface area contributed by atoms with Crippen LogP contribution >= 0.6 is 24.0 Å². The van der Waals surface area contributed by atoms with Crippen molar-refractivity contribution in [3.05, 3.63) is 58.7 Å². The van der Waals surface area contributed by atoms with E-state index in [4.69, 9.17) is 14.2 Å². The van der Waals surface area contributed by atoms with Gasteiger partial charge < -0.3 is 24.8 Å². The number of guanidine groups is 1. The number of nitrogens with zero attached hydrogens (tertiary/aromatic N) is 1. The van der Waals surface area contributed by atoms with Gasteiger partial charge in [0, 0.05) is 32.8 Å². The minimum Gasteiger partial charge on any atom is -0.497 e. The summed E-state index contributed by atoms with van der Waals surface area (Å²) in [6.07, 6.45) is 0. The molecule has 2 aromatic rings. The minimum absolute atomic E-state index is 0. The molecule has 0 fully saturated rings. The molecule has 0 aromatic heterocycles. The van der Waals surface area contributed by atoms with Gasteiger partial charge in [-0.15, -0.1) is 24.0 Å². The molecule has 0 atom stereocenters. The molecule has 0 aliphatic carbocycles. The van der Waals surface area contributed by atoms with E-state index in [9.17, 15) is 0 Å². The van der Waals surface area contributed by atoms with Crippen LogP contribution in [-0.2, 0) is 17.8 Å². The van der Waals surface area contributed by atoms with Crippen molar-refractivity contribution in [3.8, 4) is 11.5 Å². The molecule has 160 valence electrons. The van der Waals surface area contributed by atoms with Crippen LogP contribution in [0.4, 0.5) is 0 Å². The normalized spacial score (nSPS) is 10.9. The average Bonchev–Trinajstić information content (AvgIpc) is 2.69. The number of rotatable bonds is 9. The third-order valence-electron chi connectivity index (χ3n) is 4.24. The number of benzene rings is 2. The van der Waals surface area contributed by atoms with Crippen molar-refractivity contribution in [2.45, 2.75) is 26.9 Å². The van der Waals surface area contributed by atoms with Crippen molar-refractivity contribution in [2.75, 3.05) is 34.5 Å². The molecule has 0 amide bonds. The van der Waals surface area contributed by atoms with Crippen LogP contribution in [0.1, 0.15) is 22.3 Å². The van der Waals surface area contributed by atoms with Crippen LogP contribution in [-0.4, -0.2) is 40.4 Å². The van der Waals surface area contributed by atoms with Crippen molar-refractivity contribution in [1.29, 1.82) is 0 Å². The average molecular weight is 513 g/mol. The van der Waals surface area contributed by atoms with Gasteiger partial charge in [0.15, 0.2) is 5.96 Å². The fourth-order valence-corrected chi connectivity index (χ4v) is 2.81. The zero-order chi connectivity index (χ0) is 20.4. The van der Waals surface area contributed by atoms with Gasteiger partial charge in [-0.05, 0) is 48.7 Å². The first-order valence-corrected chi connectivity index (χ1v) is 9.36. The lowest BCUT2D eigenvalue weighted by Gasteiger charge is -2.16. The van der Waals surface area contributed by atoms with Gasteiger partial charge in [-0.25, -0.2) is 0 Å². The molecule has 0 bridgehead atoms. The smallest absolute Gasteiger partial charge is 0.191 e. The van der Waals surface area contributed by atoms with Gasteiger partial charge in [0.05, 0.1) is 13.7 Å². The SMILES string of the molecule is CN=C(NCc1cc(C)cc(OC)c1)NCc1ccc(C)cc1OCCOC.I. The van der Waals surface area contributed by atoms with Crippen LogP contribution in [0.5, 0.6) is 11.5 Å². The summed E-state index contributed by atoms with van der Waals surface area (Å²) < 4.78 is 16.3. The quantitative estimate of drug-likeness (QED) is 0.231. The van der Waals surface area contributed by atoms with E-state index in [1.807, 2.05) is 18.2 Å². The van der Waals surface area contributed by atoms with Gasteiger partial charge in [-0.1, -0.05) is 18.2 Å². The maximum Gasteiger partial charge on any atom is 0.191 e. The molecule has 6 nitrogen and oxygen atoms in total. The molecule has 2 rings (SSSR count). The van der Waals surface area contributed by atoms with Gasteiger partial charge in [0.2, 0.25) is 0 Å². The molecule has 2 aromatic carbocycles.